The van der Waals surface area contributed by atoms with Crippen molar-refractivity contribution in [1.82, 2.24) is 0 Å². The Labute approximate surface area is 111 Å². The van der Waals surface area contributed by atoms with Crippen molar-refractivity contribution in [2.45, 2.75) is 45.6 Å². The number of hydrogen-bond acceptors (Lipinski definition) is 1. The first-order valence-corrected chi connectivity index (χ1v) is 7.32. The van der Waals surface area contributed by atoms with Gasteiger partial charge in [-0.15, -0.1) is 0 Å². The second-order valence-corrected chi connectivity index (χ2v) is 5.10. The Kier molecular flexibility index (Phi) is 7.70. The fourth-order valence-electron chi connectivity index (χ4n) is 2.28. The maximum absolute atomic E-state index is 10.1. The van der Waals surface area contributed by atoms with E-state index in [0.717, 1.165) is 24.6 Å². The average molecular weight is 250 g/mol. The number of aliphatic hydroxyl groups excluding tert-OH is 1. The van der Waals surface area contributed by atoms with Gasteiger partial charge < -0.3 is 10.4 Å². The third kappa shape index (κ3) is 5.65. The second-order valence-electron chi connectivity index (χ2n) is 5.10. The summed E-state index contributed by atoms with van der Waals surface area (Å²) in [7, 11) is 0. The van der Waals surface area contributed by atoms with E-state index >= 15 is 0 Å². The number of quaternary nitrogens is 1. The summed E-state index contributed by atoms with van der Waals surface area (Å²) in [6.45, 7) is 6.42. The van der Waals surface area contributed by atoms with E-state index in [4.69, 9.17) is 0 Å². The molecule has 102 valence electrons. The molecule has 2 nitrogen and oxygen atoms in total. The van der Waals surface area contributed by atoms with Crippen molar-refractivity contribution in [3.05, 3.63) is 35.9 Å². The third-order valence-corrected chi connectivity index (χ3v) is 3.62. The molecule has 0 fully saturated rings. The van der Waals surface area contributed by atoms with Crippen LogP contribution in [0.15, 0.2) is 30.3 Å². The first-order chi connectivity index (χ1) is 8.77. The number of unbranched alkanes of at least 4 members (excludes halogenated alkanes) is 1. The molecule has 0 bridgehead atoms. The summed E-state index contributed by atoms with van der Waals surface area (Å²) in [5.41, 5.74) is 1.02. The Hall–Kier alpha value is -0.860. The highest BCUT2D eigenvalue weighted by Gasteiger charge is 2.11. The molecule has 0 heterocycles. The van der Waals surface area contributed by atoms with Gasteiger partial charge in [-0.25, -0.2) is 0 Å². The smallest absolute Gasteiger partial charge is 0.128 e. The SMILES string of the molecule is CCCC[C@H](CC)C[NH2+]C[C@H](O)c1ccccc1. The molecule has 2 heteroatoms. The van der Waals surface area contributed by atoms with E-state index in [2.05, 4.69) is 19.2 Å². The molecular weight excluding hydrogens is 222 g/mol. The Morgan fingerprint density at radius 1 is 1.11 bits per heavy atom. The van der Waals surface area contributed by atoms with Crippen LogP contribution in [0.4, 0.5) is 0 Å². The molecule has 0 unspecified atom stereocenters. The van der Waals surface area contributed by atoms with E-state index in [1.807, 2.05) is 30.3 Å². The number of hydrogen-bond donors (Lipinski definition) is 2. The number of rotatable bonds is 9. The minimum atomic E-state index is -0.338. The predicted molar refractivity (Wildman–Crippen MR) is 76.4 cm³/mol. The Bertz CT molecular complexity index is 299. The van der Waals surface area contributed by atoms with Crippen LogP contribution in [-0.4, -0.2) is 18.2 Å². The number of nitrogens with two attached hydrogens (primary N) is 1. The van der Waals surface area contributed by atoms with E-state index in [0.29, 0.717) is 0 Å². The Morgan fingerprint density at radius 3 is 2.44 bits per heavy atom. The van der Waals surface area contributed by atoms with Crippen LogP contribution in [0.2, 0.25) is 0 Å². The zero-order chi connectivity index (χ0) is 13.2. The molecular formula is C16H28NO+. The minimum Gasteiger partial charge on any atom is -0.382 e. The van der Waals surface area contributed by atoms with Gasteiger partial charge in [0.15, 0.2) is 0 Å². The first kappa shape index (κ1) is 15.2. The zero-order valence-electron chi connectivity index (χ0n) is 11.8. The molecule has 0 aliphatic heterocycles. The summed E-state index contributed by atoms with van der Waals surface area (Å²) in [6.07, 6.45) is 4.84. The van der Waals surface area contributed by atoms with Gasteiger partial charge in [-0.1, -0.05) is 57.0 Å². The van der Waals surface area contributed by atoms with E-state index < -0.39 is 0 Å². The lowest BCUT2D eigenvalue weighted by Crippen LogP contribution is -2.86. The van der Waals surface area contributed by atoms with Crippen LogP contribution in [-0.2, 0) is 0 Å². The minimum absolute atomic E-state index is 0.338. The maximum atomic E-state index is 10.1. The summed E-state index contributed by atoms with van der Waals surface area (Å²) in [6, 6.07) is 9.93. The van der Waals surface area contributed by atoms with E-state index in [1.165, 1.54) is 25.7 Å². The van der Waals surface area contributed by atoms with Crippen LogP contribution in [0.3, 0.4) is 0 Å². The van der Waals surface area contributed by atoms with Crippen molar-refractivity contribution >= 4 is 0 Å². The van der Waals surface area contributed by atoms with Crippen molar-refractivity contribution < 1.29 is 10.4 Å². The summed E-state index contributed by atoms with van der Waals surface area (Å²) < 4.78 is 0. The van der Waals surface area contributed by atoms with Gasteiger partial charge >= 0.3 is 0 Å². The third-order valence-electron chi connectivity index (χ3n) is 3.62. The first-order valence-electron chi connectivity index (χ1n) is 7.32. The molecule has 1 aromatic carbocycles. The van der Waals surface area contributed by atoms with Crippen molar-refractivity contribution in [3.8, 4) is 0 Å². The highest BCUT2D eigenvalue weighted by molar-refractivity contribution is 5.16. The van der Waals surface area contributed by atoms with Gasteiger partial charge in [0.1, 0.15) is 12.6 Å². The van der Waals surface area contributed by atoms with Crippen LogP contribution < -0.4 is 5.32 Å². The molecule has 0 amide bonds. The molecule has 1 aromatic rings. The molecule has 0 radical (unpaired) electrons. The van der Waals surface area contributed by atoms with Crippen LogP contribution in [0.1, 0.15) is 51.2 Å². The predicted octanol–water partition coefficient (Wildman–Crippen LogP) is 2.50. The van der Waals surface area contributed by atoms with Gasteiger partial charge in [-0.05, 0) is 18.4 Å². The summed E-state index contributed by atoms with van der Waals surface area (Å²) in [4.78, 5) is 0. The van der Waals surface area contributed by atoms with Gasteiger partial charge in [-0.3, -0.25) is 0 Å². The molecule has 0 aromatic heterocycles. The molecule has 0 saturated heterocycles. The molecule has 1 rings (SSSR count). The second kappa shape index (κ2) is 9.12. The lowest BCUT2D eigenvalue weighted by molar-refractivity contribution is -0.667. The van der Waals surface area contributed by atoms with Crippen LogP contribution in [0, 0.1) is 5.92 Å². The topological polar surface area (TPSA) is 36.8 Å². The molecule has 0 spiro atoms. The van der Waals surface area contributed by atoms with Gasteiger partial charge in [0.05, 0.1) is 6.54 Å². The van der Waals surface area contributed by atoms with Crippen molar-refractivity contribution in [2.24, 2.45) is 5.92 Å². The van der Waals surface area contributed by atoms with Crippen LogP contribution in [0.25, 0.3) is 0 Å². The maximum Gasteiger partial charge on any atom is 0.128 e. The molecule has 3 N–H and O–H groups in total. The molecule has 0 saturated carbocycles. The van der Waals surface area contributed by atoms with Gasteiger partial charge in [0.25, 0.3) is 0 Å². The fourth-order valence-corrected chi connectivity index (χ4v) is 2.28. The summed E-state index contributed by atoms with van der Waals surface area (Å²) in [5.74, 6) is 0.799. The molecule has 0 aliphatic carbocycles. The van der Waals surface area contributed by atoms with Gasteiger partial charge in [-0.2, -0.15) is 0 Å². The van der Waals surface area contributed by atoms with Crippen LogP contribution in [0.5, 0.6) is 0 Å². The number of benzene rings is 1. The lowest BCUT2D eigenvalue weighted by atomic mass is 9.99. The average Bonchev–Trinajstić information content (AvgIpc) is 2.43. The normalized spacial score (nSPS) is 14.4. The zero-order valence-corrected chi connectivity index (χ0v) is 11.8. The van der Waals surface area contributed by atoms with Crippen molar-refractivity contribution in [3.63, 3.8) is 0 Å². The van der Waals surface area contributed by atoms with E-state index in [1.54, 1.807) is 0 Å². The highest BCUT2D eigenvalue weighted by atomic mass is 16.3. The fraction of sp³-hybridized carbons (Fsp3) is 0.625. The van der Waals surface area contributed by atoms with Crippen molar-refractivity contribution in [2.75, 3.05) is 13.1 Å². The quantitative estimate of drug-likeness (QED) is 0.694. The Balaban J connectivity index is 2.24. The van der Waals surface area contributed by atoms with Gasteiger partial charge in [0, 0.05) is 5.92 Å². The van der Waals surface area contributed by atoms with E-state index in [-0.39, 0.29) is 6.10 Å². The number of aliphatic hydroxyl groups is 1. The summed E-state index contributed by atoms with van der Waals surface area (Å²) in [5, 5.41) is 12.3. The molecule has 2 atom stereocenters. The van der Waals surface area contributed by atoms with E-state index in [9.17, 15) is 5.11 Å². The molecule has 18 heavy (non-hydrogen) atoms. The highest BCUT2D eigenvalue weighted by Crippen LogP contribution is 2.11. The largest absolute Gasteiger partial charge is 0.382 e. The molecule has 0 aliphatic rings. The summed E-state index contributed by atoms with van der Waals surface area (Å²) >= 11 is 0. The van der Waals surface area contributed by atoms with Crippen LogP contribution >= 0.6 is 0 Å². The van der Waals surface area contributed by atoms with Crippen molar-refractivity contribution in [1.29, 1.82) is 0 Å². The lowest BCUT2D eigenvalue weighted by Gasteiger charge is -2.15. The van der Waals surface area contributed by atoms with Gasteiger partial charge in [0.2, 0.25) is 0 Å². The monoisotopic (exact) mass is 250 g/mol. The Morgan fingerprint density at radius 2 is 1.83 bits per heavy atom. The standard InChI is InChI=1S/C16H27NO/c1-3-5-9-14(4-2)12-17-13-16(18)15-10-7-6-8-11-15/h6-8,10-11,14,16-18H,3-5,9,12-13H2,1-2H3/p+1/t14-,16-/m0/s1.